The Balaban J connectivity index is 1.47. The summed E-state index contributed by atoms with van der Waals surface area (Å²) in [6.45, 7) is 10.1. The van der Waals surface area contributed by atoms with Crippen molar-refractivity contribution in [1.82, 2.24) is 9.88 Å². The molecule has 2 aliphatic rings. The Morgan fingerprint density at radius 2 is 2.00 bits per heavy atom. The Morgan fingerprint density at radius 3 is 2.63 bits per heavy atom. The first-order valence-electron chi connectivity index (χ1n) is 9.58. The van der Waals surface area contributed by atoms with Gasteiger partial charge >= 0.3 is 6.18 Å². The summed E-state index contributed by atoms with van der Waals surface area (Å²) in [6.07, 6.45) is 0.186. The molecule has 27 heavy (non-hydrogen) atoms. The topological polar surface area (TPSA) is 34.6 Å². The van der Waals surface area contributed by atoms with Crippen LogP contribution < -0.4 is 4.74 Å². The lowest BCUT2D eigenvalue weighted by Crippen LogP contribution is -2.34. The maximum atomic E-state index is 13.0. The van der Waals surface area contributed by atoms with Crippen molar-refractivity contribution in [3.05, 3.63) is 23.9 Å². The van der Waals surface area contributed by atoms with Gasteiger partial charge in [0.25, 0.3) is 0 Å². The van der Waals surface area contributed by atoms with Gasteiger partial charge in [0.15, 0.2) is 0 Å². The third-order valence-corrected chi connectivity index (χ3v) is 5.23. The lowest BCUT2D eigenvalue weighted by Gasteiger charge is -2.27. The summed E-state index contributed by atoms with van der Waals surface area (Å²) >= 11 is 0. The molecule has 2 fully saturated rings. The number of alkyl halides is 3. The summed E-state index contributed by atoms with van der Waals surface area (Å²) in [6, 6.07) is 2.29. The molecule has 1 saturated carbocycles. The number of rotatable bonds is 7. The van der Waals surface area contributed by atoms with Gasteiger partial charge in [-0.15, -0.1) is 0 Å². The van der Waals surface area contributed by atoms with E-state index in [0.717, 1.165) is 38.7 Å². The lowest BCUT2D eigenvalue weighted by molar-refractivity contribution is -0.139. The van der Waals surface area contributed by atoms with Gasteiger partial charge in [-0.25, -0.2) is 4.98 Å². The minimum atomic E-state index is -4.45. The van der Waals surface area contributed by atoms with Crippen molar-refractivity contribution in [3.63, 3.8) is 0 Å². The highest BCUT2D eigenvalue weighted by Crippen LogP contribution is 2.47. The Bertz CT molecular complexity index is 639. The Kier molecular flexibility index (Phi) is 5.73. The fourth-order valence-electron chi connectivity index (χ4n) is 3.48. The van der Waals surface area contributed by atoms with E-state index in [4.69, 9.17) is 9.47 Å². The second-order valence-electron chi connectivity index (χ2n) is 8.96. The highest BCUT2D eigenvalue weighted by Gasteiger charge is 2.46. The van der Waals surface area contributed by atoms with Gasteiger partial charge in [-0.3, -0.25) is 0 Å². The molecule has 1 atom stereocenters. The van der Waals surface area contributed by atoms with Crippen molar-refractivity contribution in [2.75, 3.05) is 32.8 Å². The molecule has 3 rings (SSSR count). The first-order valence-corrected chi connectivity index (χ1v) is 9.58. The van der Waals surface area contributed by atoms with Crippen molar-refractivity contribution >= 4 is 0 Å². The third-order valence-electron chi connectivity index (χ3n) is 5.23. The van der Waals surface area contributed by atoms with E-state index in [1.165, 1.54) is 25.1 Å². The van der Waals surface area contributed by atoms with Crippen molar-refractivity contribution in [1.29, 1.82) is 0 Å². The average Bonchev–Trinajstić information content (AvgIpc) is 3.19. The predicted molar refractivity (Wildman–Crippen MR) is 96.7 cm³/mol. The van der Waals surface area contributed by atoms with Crippen molar-refractivity contribution < 1.29 is 22.6 Å². The Morgan fingerprint density at radius 1 is 1.26 bits per heavy atom. The highest BCUT2D eigenvalue weighted by molar-refractivity contribution is 5.28. The van der Waals surface area contributed by atoms with Crippen molar-refractivity contribution in [2.24, 2.45) is 11.3 Å². The van der Waals surface area contributed by atoms with E-state index in [9.17, 15) is 13.2 Å². The second kappa shape index (κ2) is 7.59. The van der Waals surface area contributed by atoms with E-state index in [1.54, 1.807) is 0 Å². The molecule has 1 aromatic rings. The second-order valence-corrected chi connectivity index (χ2v) is 8.96. The number of hydrogen-bond acceptors (Lipinski definition) is 4. The molecule has 0 aromatic carbocycles. The zero-order chi connectivity index (χ0) is 19.7. The van der Waals surface area contributed by atoms with E-state index >= 15 is 0 Å². The molecule has 0 spiro atoms. The van der Waals surface area contributed by atoms with Gasteiger partial charge in [-0.1, -0.05) is 0 Å². The molecular formula is C20H29F3N2O2. The summed E-state index contributed by atoms with van der Waals surface area (Å²) in [4.78, 5) is 6.17. The van der Waals surface area contributed by atoms with Gasteiger partial charge in [0, 0.05) is 30.6 Å². The van der Waals surface area contributed by atoms with Crippen LogP contribution in [0.5, 0.6) is 5.88 Å². The van der Waals surface area contributed by atoms with Crippen LogP contribution in [0.1, 0.15) is 45.6 Å². The monoisotopic (exact) mass is 386 g/mol. The number of hydrogen-bond donors (Lipinski definition) is 0. The van der Waals surface area contributed by atoms with Crippen LogP contribution in [-0.4, -0.2) is 48.3 Å². The molecule has 0 amide bonds. The molecule has 1 aliphatic heterocycles. The number of aromatic nitrogens is 1. The maximum Gasteiger partial charge on any atom is 0.421 e. The normalized spacial score (nSPS) is 22.8. The molecule has 0 N–H and O–H groups in total. The van der Waals surface area contributed by atoms with Crippen LogP contribution in [0.4, 0.5) is 13.2 Å². The molecule has 0 radical (unpaired) electrons. The zero-order valence-corrected chi connectivity index (χ0v) is 16.3. The largest absolute Gasteiger partial charge is 0.477 e. The molecule has 7 heteroatoms. The molecular weight excluding hydrogens is 357 g/mol. The lowest BCUT2D eigenvalue weighted by atomic mass is 10.1. The van der Waals surface area contributed by atoms with Gasteiger partial charge in [-0.05, 0) is 58.7 Å². The summed E-state index contributed by atoms with van der Waals surface area (Å²) in [7, 11) is 0. The molecule has 0 unspecified atom stereocenters. The summed E-state index contributed by atoms with van der Waals surface area (Å²) in [5, 5.41) is 0. The number of ether oxygens (including phenoxy) is 2. The Hall–Kier alpha value is -1.34. The number of halogens is 3. The highest BCUT2D eigenvalue weighted by atomic mass is 19.4. The van der Waals surface area contributed by atoms with Crippen molar-refractivity contribution in [2.45, 2.75) is 51.8 Å². The van der Waals surface area contributed by atoms with Crippen LogP contribution in [0.2, 0.25) is 0 Å². The minimum Gasteiger partial charge on any atom is -0.477 e. The fraction of sp³-hybridized carbons (Fsp3) is 0.750. The molecule has 4 nitrogen and oxygen atoms in total. The summed E-state index contributed by atoms with van der Waals surface area (Å²) in [5.74, 6) is -0.0897. The molecule has 1 saturated heterocycles. The first kappa shape index (κ1) is 20.4. The van der Waals surface area contributed by atoms with E-state index in [1.807, 2.05) is 0 Å². The molecule has 1 aliphatic carbocycles. The SMILES string of the molecule is CC(C)(C)OCC1(CN2CC[C@@H](COc3ncccc3C(F)(F)F)C2)CC1. The molecule has 2 heterocycles. The predicted octanol–water partition coefficient (Wildman–Crippen LogP) is 4.40. The Labute approximate surface area is 159 Å². The van der Waals surface area contributed by atoms with E-state index < -0.39 is 11.7 Å². The average molecular weight is 386 g/mol. The fourth-order valence-corrected chi connectivity index (χ4v) is 3.48. The summed E-state index contributed by atoms with van der Waals surface area (Å²) < 4.78 is 50.5. The number of likely N-dealkylation sites (tertiary alicyclic amines) is 1. The van der Waals surface area contributed by atoms with E-state index in [0.29, 0.717) is 0 Å². The van der Waals surface area contributed by atoms with Crippen molar-refractivity contribution in [3.8, 4) is 5.88 Å². The zero-order valence-electron chi connectivity index (χ0n) is 16.3. The van der Waals surface area contributed by atoms with Crippen LogP contribution in [0.15, 0.2) is 18.3 Å². The van der Waals surface area contributed by atoms with Gasteiger partial charge in [0.05, 0.1) is 18.8 Å². The first-order chi connectivity index (χ1) is 12.6. The van der Waals surface area contributed by atoms with Crippen LogP contribution in [0.25, 0.3) is 0 Å². The van der Waals surface area contributed by atoms with Crippen LogP contribution in [0, 0.1) is 11.3 Å². The third kappa shape index (κ3) is 5.82. The van der Waals surface area contributed by atoms with E-state index in [-0.39, 0.29) is 29.4 Å². The number of nitrogens with zero attached hydrogens (tertiary/aromatic N) is 2. The minimum absolute atomic E-state index is 0.129. The smallest absolute Gasteiger partial charge is 0.421 e. The van der Waals surface area contributed by atoms with Gasteiger partial charge < -0.3 is 14.4 Å². The van der Waals surface area contributed by atoms with Crippen LogP contribution in [0.3, 0.4) is 0 Å². The van der Waals surface area contributed by atoms with E-state index in [2.05, 4.69) is 30.7 Å². The molecule has 0 bridgehead atoms. The van der Waals surface area contributed by atoms with Gasteiger partial charge in [0.1, 0.15) is 5.56 Å². The van der Waals surface area contributed by atoms with Gasteiger partial charge in [-0.2, -0.15) is 13.2 Å². The molecule has 1 aromatic heterocycles. The number of pyridine rings is 1. The standard InChI is InChI=1S/C20H29F3N2O2/c1-18(2,3)27-14-19(7-8-19)13-25-10-6-15(11-25)12-26-17-16(20(21,22)23)5-4-9-24-17/h4-5,9,15H,6-8,10-14H2,1-3H3/t15-/m1/s1. The van der Waals surface area contributed by atoms with Crippen LogP contribution >= 0.6 is 0 Å². The summed E-state index contributed by atoms with van der Waals surface area (Å²) in [5.41, 5.74) is -0.681. The quantitative estimate of drug-likeness (QED) is 0.696. The molecule has 152 valence electrons. The van der Waals surface area contributed by atoms with Crippen LogP contribution in [-0.2, 0) is 10.9 Å². The van der Waals surface area contributed by atoms with Gasteiger partial charge in [0.2, 0.25) is 5.88 Å². The maximum absolute atomic E-state index is 13.0.